The van der Waals surface area contributed by atoms with E-state index in [4.69, 9.17) is 0 Å². The van der Waals surface area contributed by atoms with Crippen molar-refractivity contribution >= 4 is 16.8 Å². The standard InChI is InChI=1S/C15H18N4O/c1-8-11-4-2-9(6-13(11)19-18-8)15(20)17-14-7-10-3-5-12(14)16-10/h2,4,6,10,12,14,16H,3,5,7H2,1H3,(H,17,20)(H,18,19)/t10-,12+,14-/m1/s1. The van der Waals surface area contributed by atoms with Gasteiger partial charge in [-0.15, -0.1) is 0 Å². The van der Waals surface area contributed by atoms with Gasteiger partial charge in [0.05, 0.1) is 5.52 Å². The van der Waals surface area contributed by atoms with Crippen molar-refractivity contribution in [2.45, 2.75) is 44.3 Å². The summed E-state index contributed by atoms with van der Waals surface area (Å²) >= 11 is 0. The van der Waals surface area contributed by atoms with E-state index in [0.717, 1.165) is 23.0 Å². The van der Waals surface area contributed by atoms with Gasteiger partial charge in [-0.1, -0.05) is 6.07 Å². The Morgan fingerprint density at radius 1 is 1.40 bits per heavy atom. The Hall–Kier alpha value is -1.88. The SMILES string of the molecule is Cc1[nH]nc2cc(C(=O)N[C@@H]3C[C@H]4CC[C@@H]3N4)ccc12. The monoisotopic (exact) mass is 270 g/mol. The van der Waals surface area contributed by atoms with Crippen LogP contribution in [-0.4, -0.2) is 34.2 Å². The van der Waals surface area contributed by atoms with E-state index in [1.165, 1.54) is 12.8 Å². The fourth-order valence-corrected chi connectivity index (χ4v) is 3.52. The van der Waals surface area contributed by atoms with Gasteiger partial charge in [0.2, 0.25) is 0 Å². The molecule has 104 valence electrons. The first kappa shape index (κ1) is 11.9. The molecule has 3 N–H and O–H groups in total. The highest BCUT2D eigenvalue weighted by atomic mass is 16.1. The van der Waals surface area contributed by atoms with E-state index in [-0.39, 0.29) is 11.9 Å². The van der Waals surface area contributed by atoms with Crippen molar-refractivity contribution in [1.82, 2.24) is 20.8 Å². The van der Waals surface area contributed by atoms with Gasteiger partial charge in [0.25, 0.3) is 5.91 Å². The van der Waals surface area contributed by atoms with Crippen molar-refractivity contribution in [3.05, 3.63) is 29.5 Å². The van der Waals surface area contributed by atoms with Gasteiger partial charge in [0, 0.05) is 34.8 Å². The lowest BCUT2D eigenvalue weighted by Crippen LogP contribution is -2.42. The second kappa shape index (κ2) is 4.31. The Morgan fingerprint density at radius 3 is 3.05 bits per heavy atom. The zero-order valence-electron chi connectivity index (χ0n) is 11.4. The molecule has 2 bridgehead atoms. The summed E-state index contributed by atoms with van der Waals surface area (Å²) in [7, 11) is 0. The Balaban J connectivity index is 1.54. The molecule has 2 aliphatic rings. The normalized spacial score (nSPS) is 28.1. The van der Waals surface area contributed by atoms with Gasteiger partial charge < -0.3 is 10.6 Å². The number of aromatic amines is 1. The van der Waals surface area contributed by atoms with Crippen LogP contribution in [0.5, 0.6) is 0 Å². The number of H-pyrrole nitrogens is 1. The number of aromatic nitrogens is 2. The lowest BCUT2D eigenvalue weighted by atomic mass is 9.95. The molecule has 0 aliphatic carbocycles. The minimum Gasteiger partial charge on any atom is -0.348 e. The molecule has 0 radical (unpaired) electrons. The molecular weight excluding hydrogens is 252 g/mol. The Labute approximate surface area is 117 Å². The van der Waals surface area contributed by atoms with Crippen molar-refractivity contribution in [1.29, 1.82) is 0 Å². The average Bonchev–Trinajstić information content (AvgIpc) is 3.14. The van der Waals surface area contributed by atoms with E-state index in [1.54, 1.807) is 0 Å². The molecule has 1 aromatic carbocycles. The van der Waals surface area contributed by atoms with Crippen LogP contribution in [0.2, 0.25) is 0 Å². The highest BCUT2D eigenvalue weighted by Gasteiger charge is 2.39. The fourth-order valence-electron chi connectivity index (χ4n) is 3.52. The minimum atomic E-state index is 0.00639. The molecule has 2 saturated heterocycles. The number of aryl methyl sites for hydroxylation is 1. The molecule has 1 amide bonds. The molecule has 5 nitrogen and oxygen atoms in total. The summed E-state index contributed by atoms with van der Waals surface area (Å²) in [6.45, 7) is 1.98. The molecule has 2 aliphatic heterocycles. The maximum Gasteiger partial charge on any atom is 0.251 e. The number of amides is 1. The Kier molecular flexibility index (Phi) is 2.57. The predicted octanol–water partition coefficient (Wildman–Crippen LogP) is 1.49. The highest BCUT2D eigenvalue weighted by molar-refractivity contribution is 5.98. The number of benzene rings is 1. The summed E-state index contributed by atoms with van der Waals surface area (Å²) in [5.41, 5.74) is 2.57. The molecule has 0 spiro atoms. The molecule has 1 aromatic heterocycles. The predicted molar refractivity (Wildman–Crippen MR) is 76.6 cm³/mol. The van der Waals surface area contributed by atoms with Crippen molar-refractivity contribution in [2.24, 2.45) is 0 Å². The van der Waals surface area contributed by atoms with Crippen molar-refractivity contribution in [3.63, 3.8) is 0 Å². The van der Waals surface area contributed by atoms with Gasteiger partial charge in [0.15, 0.2) is 0 Å². The zero-order chi connectivity index (χ0) is 13.7. The average molecular weight is 270 g/mol. The van der Waals surface area contributed by atoms with Crippen LogP contribution in [-0.2, 0) is 0 Å². The molecule has 20 heavy (non-hydrogen) atoms. The Morgan fingerprint density at radius 2 is 2.30 bits per heavy atom. The molecule has 3 atom stereocenters. The summed E-state index contributed by atoms with van der Waals surface area (Å²) in [6, 6.07) is 7.03. The molecule has 4 rings (SSSR count). The fraction of sp³-hybridized carbons (Fsp3) is 0.467. The quantitative estimate of drug-likeness (QED) is 0.774. The lowest BCUT2D eigenvalue weighted by molar-refractivity contribution is 0.0931. The van der Waals surface area contributed by atoms with E-state index in [0.29, 0.717) is 17.6 Å². The van der Waals surface area contributed by atoms with Crippen LogP contribution in [0.4, 0.5) is 0 Å². The van der Waals surface area contributed by atoms with Gasteiger partial charge in [-0.2, -0.15) is 5.10 Å². The maximum atomic E-state index is 12.4. The molecule has 2 aromatic rings. The smallest absolute Gasteiger partial charge is 0.251 e. The number of nitrogens with one attached hydrogen (secondary N) is 3. The summed E-state index contributed by atoms with van der Waals surface area (Å²) < 4.78 is 0. The van der Waals surface area contributed by atoms with Crippen molar-refractivity contribution in [2.75, 3.05) is 0 Å². The first-order chi connectivity index (χ1) is 9.70. The molecular formula is C15H18N4O. The largest absolute Gasteiger partial charge is 0.348 e. The molecule has 5 heteroatoms. The second-order valence-electron chi connectivity index (χ2n) is 5.94. The Bertz CT molecular complexity index is 678. The summed E-state index contributed by atoms with van der Waals surface area (Å²) in [5.74, 6) is 0.00639. The van der Waals surface area contributed by atoms with Crippen LogP contribution in [0.25, 0.3) is 10.9 Å². The van der Waals surface area contributed by atoms with Gasteiger partial charge in [-0.3, -0.25) is 9.89 Å². The van der Waals surface area contributed by atoms with Crippen LogP contribution in [0.1, 0.15) is 35.3 Å². The summed E-state index contributed by atoms with van der Waals surface area (Å²) in [4.78, 5) is 12.4. The third kappa shape index (κ3) is 1.81. The number of rotatable bonds is 2. The number of fused-ring (bicyclic) bond motifs is 3. The number of hydrogen-bond donors (Lipinski definition) is 3. The van der Waals surface area contributed by atoms with Crippen LogP contribution >= 0.6 is 0 Å². The van der Waals surface area contributed by atoms with Crippen molar-refractivity contribution < 1.29 is 4.79 Å². The summed E-state index contributed by atoms with van der Waals surface area (Å²) in [5, 5.41) is 14.9. The van der Waals surface area contributed by atoms with E-state index in [1.807, 2.05) is 25.1 Å². The first-order valence-electron chi connectivity index (χ1n) is 7.22. The van der Waals surface area contributed by atoms with Gasteiger partial charge >= 0.3 is 0 Å². The number of hydrogen-bond acceptors (Lipinski definition) is 3. The second-order valence-corrected chi connectivity index (χ2v) is 5.94. The lowest BCUT2D eigenvalue weighted by Gasteiger charge is -2.21. The minimum absolute atomic E-state index is 0.00639. The molecule has 0 saturated carbocycles. The van der Waals surface area contributed by atoms with Crippen LogP contribution in [0, 0.1) is 6.92 Å². The third-order valence-electron chi connectivity index (χ3n) is 4.62. The third-order valence-corrected chi connectivity index (χ3v) is 4.62. The van der Waals surface area contributed by atoms with Gasteiger partial charge in [-0.25, -0.2) is 0 Å². The molecule has 3 heterocycles. The molecule has 0 unspecified atom stereocenters. The van der Waals surface area contributed by atoms with E-state index < -0.39 is 0 Å². The van der Waals surface area contributed by atoms with E-state index >= 15 is 0 Å². The first-order valence-corrected chi connectivity index (χ1v) is 7.22. The van der Waals surface area contributed by atoms with Crippen LogP contribution in [0.3, 0.4) is 0 Å². The highest BCUT2D eigenvalue weighted by Crippen LogP contribution is 2.28. The number of carbonyl (C=O) groups is 1. The number of carbonyl (C=O) groups excluding carboxylic acids is 1. The number of nitrogens with zero attached hydrogens (tertiary/aromatic N) is 1. The van der Waals surface area contributed by atoms with E-state index in [9.17, 15) is 4.79 Å². The van der Waals surface area contributed by atoms with Gasteiger partial charge in [0.1, 0.15) is 0 Å². The van der Waals surface area contributed by atoms with Crippen molar-refractivity contribution in [3.8, 4) is 0 Å². The van der Waals surface area contributed by atoms with Crippen LogP contribution < -0.4 is 10.6 Å². The zero-order valence-corrected chi connectivity index (χ0v) is 11.4. The van der Waals surface area contributed by atoms with Crippen LogP contribution in [0.15, 0.2) is 18.2 Å². The maximum absolute atomic E-state index is 12.4. The van der Waals surface area contributed by atoms with Gasteiger partial charge in [-0.05, 0) is 38.3 Å². The summed E-state index contributed by atoms with van der Waals surface area (Å²) in [6.07, 6.45) is 3.48. The van der Waals surface area contributed by atoms with E-state index in [2.05, 4.69) is 20.8 Å². The topological polar surface area (TPSA) is 69.8 Å². The molecule has 2 fully saturated rings.